The third-order valence-corrected chi connectivity index (χ3v) is 1.95. The van der Waals surface area contributed by atoms with E-state index in [2.05, 4.69) is 10.1 Å². The van der Waals surface area contributed by atoms with Gasteiger partial charge in [0.05, 0.1) is 0 Å². The highest BCUT2D eigenvalue weighted by molar-refractivity contribution is 5.20. The van der Waals surface area contributed by atoms with Crippen LogP contribution < -0.4 is 0 Å². The van der Waals surface area contributed by atoms with E-state index in [0.717, 1.165) is 0 Å². The van der Waals surface area contributed by atoms with E-state index in [-0.39, 0.29) is 24.7 Å². The van der Waals surface area contributed by atoms with Crippen molar-refractivity contribution >= 4 is 0 Å². The molecule has 5 heteroatoms. The van der Waals surface area contributed by atoms with Crippen LogP contribution >= 0.6 is 0 Å². The highest BCUT2D eigenvalue weighted by atomic mass is 19.1. The number of aromatic nitrogens is 2. The van der Waals surface area contributed by atoms with Crippen LogP contribution in [0.5, 0.6) is 0 Å². The van der Waals surface area contributed by atoms with Crippen molar-refractivity contribution in [3.8, 4) is 0 Å². The van der Waals surface area contributed by atoms with Crippen molar-refractivity contribution in [2.75, 3.05) is 0 Å². The Morgan fingerprint density at radius 1 is 1.33 bits per heavy atom. The maximum Gasteiger partial charge on any atom is 0.252 e. The molecule has 1 N–H and O–H groups in total. The standard InChI is InChI=1S/C10H9FN2O2/c11-8-4-2-1-3-7(8)5-9-12-10(6-14)15-13-9/h1-4,14H,5-6H2. The third kappa shape index (κ3) is 2.19. The van der Waals surface area contributed by atoms with Gasteiger partial charge in [-0.1, -0.05) is 23.4 Å². The van der Waals surface area contributed by atoms with Gasteiger partial charge in [0, 0.05) is 6.42 Å². The molecule has 0 atom stereocenters. The number of aliphatic hydroxyl groups excluding tert-OH is 1. The second kappa shape index (κ2) is 4.18. The average Bonchev–Trinajstić information content (AvgIpc) is 2.69. The second-order valence-electron chi connectivity index (χ2n) is 3.03. The molecule has 0 amide bonds. The highest BCUT2D eigenvalue weighted by Gasteiger charge is 2.08. The van der Waals surface area contributed by atoms with Crippen molar-refractivity contribution in [1.29, 1.82) is 0 Å². The van der Waals surface area contributed by atoms with E-state index in [1.54, 1.807) is 18.2 Å². The van der Waals surface area contributed by atoms with E-state index >= 15 is 0 Å². The number of nitrogens with zero attached hydrogens (tertiary/aromatic N) is 2. The minimum absolute atomic E-state index is 0.140. The lowest BCUT2D eigenvalue weighted by Crippen LogP contribution is -1.94. The van der Waals surface area contributed by atoms with Crippen molar-refractivity contribution in [2.45, 2.75) is 13.0 Å². The molecule has 0 spiro atoms. The molecule has 0 aliphatic heterocycles. The molecule has 1 heterocycles. The predicted molar refractivity (Wildman–Crippen MR) is 49.4 cm³/mol. The zero-order valence-electron chi connectivity index (χ0n) is 7.85. The first-order valence-corrected chi connectivity index (χ1v) is 4.45. The summed E-state index contributed by atoms with van der Waals surface area (Å²) in [5.41, 5.74) is 0.503. The monoisotopic (exact) mass is 208 g/mol. The summed E-state index contributed by atoms with van der Waals surface area (Å²) in [7, 11) is 0. The summed E-state index contributed by atoms with van der Waals surface area (Å²) >= 11 is 0. The fraction of sp³-hybridized carbons (Fsp3) is 0.200. The van der Waals surface area contributed by atoms with Crippen LogP contribution in [0.2, 0.25) is 0 Å². The molecule has 0 bridgehead atoms. The first kappa shape index (κ1) is 9.79. The first-order chi connectivity index (χ1) is 7.29. The summed E-state index contributed by atoms with van der Waals surface area (Å²) in [6.07, 6.45) is 0.260. The fourth-order valence-corrected chi connectivity index (χ4v) is 1.24. The van der Waals surface area contributed by atoms with Crippen LogP contribution in [0.4, 0.5) is 4.39 Å². The molecule has 0 aliphatic rings. The van der Waals surface area contributed by atoms with Gasteiger partial charge in [0.2, 0.25) is 0 Å². The van der Waals surface area contributed by atoms with Crippen LogP contribution in [0, 0.1) is 5.82 Å². The topological polar surface area (TPSA) is 59.2 Å². The van der Waals surface area contributed by atoms with Crippen molar-refractivity contribution in [1.82, 2.24) is 10.1 Å². The van der Waals surface area contributed by atoms with Crippen molar-refractivity contribution in [3.05, 3.63) is 47.4 Å². The lowest BCUT2D eigenvalue weighted by molar-refractivity contribution is 0.222. The Hall–Kier alpha value is -1.75. The van der Waals surface area contributed by atoms with Crippen molar-refractivity contribution in [3.63, 3.8) is 0 Å². The zero-order valence-corrected chi connectivity index (χ0v) is 7.85. The molecule has 78 valence electrons. The third-order valence-electron chi connectivity index (χ3n) is 1.95. The van der Waals surface area contributed by atoms with Crippen LogP contribution in [0.15, 0.2) is 28.8 Å². The van der Waals surface area contributed by atoms with Gasteiger partial charge in [-0.25, -0.2) is 4.39 Å². The van der Waals surface area contributed by atoms with E-state index in [0.29, 0.717) is 11.4 Å². The summed E-state index contributed by atoms with van der Waals surface area (Å²) in [6, 6.07) is 6.40. The largest absolute Gasteiger partial charge is 0.387 e. The van der Waals surface area contributed by atoms with E-state index in [1.165, 1.54) is 6.07 Å². The summed E-state index contributed by atoms with van der Waals surface area (Å²) in [6.45, 7) is -0.301. The predicted octanol–water partition coefficient (Wildman–Crippen LogP) is 1.29. The summed E-state index contributed by atoms with van der Waals surface area (Å²) < 4.78 is 17.9. The minimum atomic E-state index is -0.301. The Bertz CT molecular complexity index is 456. The van der Waals surface area contributed by atoms with Gasteiger partial charge >= 0.3 is 0 Å². The Morgan fingerprint density at radius 2 is 2.13 bits per heavy atom. The van der Waals surface area contributed by atoms with Crippen LogP contribution in [0.1, 0.15) is 17.3 Å². The van der Waals surface area contributed by atoms with Crippen LogP contribution in [-0.2, 0) is 13.0 Å². The molecule has 0 fully saturated rings. The van der Waals surface area contributed by atoms with E-state index in [1.807, 2.05) is 0 Å². The fourth-order valence-electron chi connectivity index (χ4n) is 1.24. The van der Waals surface area contributed by atoms with Gasteiger partial charge in [0.1, 0.15) is 12.4 Å². The number of hydrogen-bond donors (Lipinski definition) is 1. The normalized spacial score (nSPS) is 10.5. The lowest BCUT2D eigenvalue weighted by Gasteiger charge is -1.97. The molecule has 0 saturated carbocycles. The maximum atomic E-state index is 13.2. The van der Waals surface area contributed by atoms with Gasteiger partial charge in [0.25, 0.3) is 5.89 Å². The Kier molecular flexibility index (Phi) is 2.73. The van der Waals surface area contributed by atoms with Crippen LogP contribution in [0.25, 0.3) is 0 Å². The van der Waals surface area contributed by atoms with Crippen LogP contribution in [-0.4, -0.2) is 15.2 Å². The van der Waals surface area contributed by atoms with Gasteiger partial charge in [-0.15, -0.1) is 0 Å². The molecule has 2 aromatic rings. The van der Waals surface area contributed by atoms with E-state index < -0.39 is 0 Å². The highest BCUT2D eigenvalue weighted by Crippen LogP contribution is 2.10. The summed E-state index contributed by atoms with van der Waals surface area (Å²) in [5, 5.41) is 12.3. The molecular weight excluding hydrogens is 199 g/mol. The quantitative estimate of drug-likeness (QED) is 0.825. The first-order valence-electron chi connectivity index (χ1n) is 4.45. The van der Waals surface area contributed by atoms with Crippen molar-refractivity contribution < 1.29 is 14.0 Å². The van der Waals surface area contributed by atoms with Crippen LogP contribution in [0.3, 0.4) is 0 Å². The number of benzene rings is 1. The van der Waals surface area contributed by atoms with E-state index in [4.69, 9.17) is 9.63 Å². The maximum absolute atomic E-state index is 13.2. The molecule has 0 unspecified atom stereocenters. The summed E-state index contributed by atoms with van der Waals surface area (Å²) in [4.78, 5) is 3.87. The Labute approximate surface area is 85.4 Å². The number of hydrogen-bond acceptors (Lipinski definition) is 4. The molecule has 1 aromatic heterocycles. The molecular formula is C10H9FN2O2. The molecule has 15 heavy (non-hydrogen) atoms. The molecule has 4 nitrogen and oxygen atoms in total. The van der Waals surface area contributed by atoms with Gasteiger partial charge in [-0.3, -0.25) is 0 Å². The molecule has 2 rings (SSSR count). The van der Waals surface area contributed by atoms with Gasteiger partial charge in [0.15, 0.2) is 5.82 Å². The molecule has 0 aliphatic carbocycles. The minimum Gasteiger partial charge on any atom is -0.387 e. The number of halogens is 1. The summed E-state index contributed by atoms with van der Waals surface area (Å²) in [5.74, 6) is 0.207. The van der Waals surface area contributed by atoms with E-state index in [9.17, 15) is 4.39 Å². The van der Waals surface area contributed by atoms with Crippen molar-refractivity contribution in [2.24, 2.45) is 0 Å². The van der Waals surface area contributed by atoms with Gasteiger partial charge < -0.3 is 9.63 Å². The average molecular weight is 208 g/mol. The molecule has 1 aromatic carbocycles. The van der Waals surface area contributed by atoms with Gasteiger partial charge in [-0.2, -0.15) is 4.98 Å². The smallest absolute Gasteiger partial charge is 0.252 e. The zero-order chi connectivity index (χ0) is 10.7. The molecule has 0 radical (unpaired) electrons. The second-order valence-corrected chi connectivity index (χ2v) is 3.03. The lowest BCUT2D eigenvalue weighted by atomic mass is 10.1. The molecule has 0 saturated heterocycles. The number of rotatable bonds is 3. The Morgan fingerprint density at radius 3 is 2.80 bits per heavy atom. The Balaban J connectivity index is 2.18. The van der Waals surface area contributed by atoms with Gasteiger partial charge in [-0.05, 0) is 11.6 Å². The SMILES string of the molecule is OCc1nc(Cc2ccccc2F)no1. The number of aliphatic hydroxyl groups is 1.